The minimum absolute atomic E-state index is 0. The zero-order valence-electron chi connectivity index (χ0n) is 16.8. The van der Waals surface area contributed by atoms with Gasteiger partial charge in [-0.3, -0.25) is 4.21 Å². The Bertz CT molecular complexity index is 957. The summed E-state index contributed by atoms with van der Waals surface area (Å²) in [5.74, 6) is 2.72. The molecule has 0 amide bonds. The number of nitrogens with one attached hydrogen (secondary N) is 2. The maximum Gasteiger partial charge on any atom is 0.191 e. The Labute approximate surface area is 191 Å². The third-order valence-electron chi connectivity index (χ3n) is 4.46. The summed E-state index contributed by atoms with van der Waals surface area (Å²) in [5, 5.41) is 7.62. The number of furan rings is 1. The molecule has 0 bridgehead atoms. The van der Waals surface area contributed by atoms with E-state index < -0.39 is 10.8 Å². The number of para-hydroxylation sites is 1. The summed E-state index contributed by atoms with van der Waals surface area (Å²) in [5.41, 5.74) is 3.11. The van der Waals surface area contributed by atoms with Gasteiger partial charge in [-0.05, 0) is 25.5 Å². The predicted molar refractivity (Wildman–Crippen MR) is 132 cm³/mol. The molecule has 1 unspecified atom stereocenters. The van der Waals surface area contributed by atoms with E-state index in [2.05, 4.69) is 28.6 Å². The van der Waals surface area contributed by atoms with Crippen molar-refractivity contribution in [3.8, 4) is 0 Å². The van der Waals surface area contributed by atoms with E-state index in [1.54, 1.807) is 0 Å². The second kappa shape index (κ2) is 12.0. The normalized spacial score (nSPS) is 12.4. The molecule has 2 N–H and O–H groups in total. The molecular formula is C22H28IN3O2S. The number of aliphatic imine (C=N–C) groups is 1. The largest absolute Gasteiger partial charge is 0.459 e. The van der Waals surface area contributed by atoms with Crippen LogP contribution in [0.15, 0.2) is 64.0 Å². The molecule has 1 atom stereocenters. The number of halogens is 1. The number of hydrogen-bond donors (Lipinski definition) is 2. The Morgan fingerprint density at radius 3 is 2.52 bits per heavy atom. The van der Waals surface area contributed by atoms with Crippen LogP contribution in [0, 0.1) is 6.92 Å². The van der Waals surface area contributed by atoms with Crippen LogP contribution in [0.4, 0.5) is 0 Å². The molecule has 0 radical (unpaired) electrons. The van der Waals surface area contributed by atoms with Gasteiger partial charge in [-0.1, -0.05) is 48.5 Å². The molecule has 0 saturated heterocycles. The Balaban J connectivity index is 0.00000300. The number of nitrogens with zero attached hydrogens (tertiary/aromatic N) is 1. The summed E-state index contributed by atoms with van der Waals surface area (Å²) < 4.78 is 18.2. The van der Waals surface area contributed by atoms with Gasteiger partial charge in [-0.15, -0.1) is 24.0 Å². The second-order valence-electron chi connectivity index (χ2n) is 6.54. The van der Waals surface area contributed by atoms with Crippen LogP contribution < -0.4 is 10.6 Å². The van der Waals surface area contributed by atoms with Gasteiger partial charge < -0.3 is 15.1 Å². The summed E-state index contributed by atoms with van der Waals surface area (Å²) >= 11 is 0. The maximum absolute atomic E-state index is 12.3. The summed E-state index contributed by atoms with van der Waals surface area (Å²) in [7, 11) is -0.909. The Kier molecular flexibility index (Phi) is 9.66. The van der Waals surface area contributed by atoms with Crippen LogP contribution in [0.25, 0.3) is 11.0 Å². The van der Waals surface area contributed by atoms with E-state index in [9.17, 15) is 4.21 Å². The van der Waals surface area contributed by atoms with Crippen molar-refractivity contribution in [2.75, 3.05) is 18.8 Å². The van der Waals surface area contributed by atoms with Crippen molar-refractivity contribution < 1.29 is 8.63 Å². The highest BCUT2D eigenvalue weighted by Gasteiger charge is 2.10. The SMILES string of the molecule is CCNC(=NCc1oc2ccccc2c1C)NCCS(=O)Cc1ccccc1.I. The molecule has 0 aliphatic carbocycles. The third kappa shape index (κ3) is 6.85. The van der Waals surface area contributed by atoms with Crippen molar-refractivity contribution >= 4 is 51.7 Å². The number of benzene rings is 2. The molecule has 1 aromatic heterocycles. The van der Waals surface area contributed by atoms with E-state index in [4.69, 9.17) is 4.42 Å². The fourth-order valence-electron chi connectivity index (χ4n) is 2.98. The first kappa shape index (κ1) is 23.4. The number of guanidine groups is 1. The van der Waals surface area contributed by atoms with Crippen LogP contribution in [-0.4, -0.2) is 29.0 Å². The lowest BCUT2D eigenvalue weighted by atomic mass is 10.1. The van der Waals surface area contributed by atoms with Gasteiger partial charge in [-0.2, -0.15) is 0 Å². The molecule has 3 rings (SSSR count). The molecule has 7 heteroatoms. The Morgan fingerprint density at radius 2 is 1.79 bits per heavy atom. The highest BCUT2D eigenvalue weighted by Crippen LogP contribution is 2.25. The van der Waals surface area contributed by atoms with Crippen LogP contribution in [0.3, 0.4) is 0 Å². The Morgan fingerprint density at radius 1 is 1.07 bits per heavy atom. The lowest BCUT2D eigenvalue weighted by Crippen LogP contribution is -2.39. The van der Waals surface area contributed by atoms with Crippen molar-refractivity contribution in [2.24, 2.45) is 4.99 Å². The van der Waals surface area contributed by atoms with Gasteiger partial charge >= 0.3 is 0 Å². The van der Waals surface area contributed by atoms with Crippen molar-refractivity contribution in [1.29, 1.82) is 0 Å². The second-order valence-corrected chi connectivity index (χ2v) is 8.12. The van der Waals surface area contributed by atoms with Gasteiger partial charge in [-0.25, -0.2) is 4.99 Å². The molecule has 0 fully saturated rings. The minimum Gasteiger partial charge on any atom is -0.459 e. The van der Waals surface area contributed by atoms with Crippen LogP contribution in [0.1, 0.15) is 23.8 Å². The molecule has 0 aliphatic heterocycles. The quantitative estimate of drug-likeness (QED) is 0.261. The van der Waals surface area contributed by atoms with Gasteiger partial charge in [0.25, 0.3) is 0 Å². The topological polar surface area (TPSA) is 66.6 Å². The summed E-state index contributed by atoms with van der Waals surface area (Å²) in [6.07, 6.45) is 0. The van der Waals surface area contributed by atoms with Crippen LogP contribution in [0.5, 0.6) is 0 Å². The summed E-state index contributed by atoms with van der Waals surface area (Å²) in [4.78, 5) is 4.62. The van der Waals surface area contributed by atoms with Crippen molar-refractivity contribution in [2.45, 2.75) is 26.1 Å². The van der Waals surface area contributed by atoms with Crippen LogP contribution in [0.2, 0.25) is 0 Å². The fraction of sp³-hybridized carbons (Fsp3) is 0.318. The first-order valence-corrected chi connectivity index (χ1v) is 11.0. The van der Waals surface area contributed by atoms with E-state index in [0.717, 1.165) is 34.4 Å². The zero-order chi connectivity index (χ0) is 19.8. The van der Waals surface area contributed by atoms with Gasteiger partial charge in [0.1, 0.15) is 17.9 Å². The molecule has 29 heavy (non-hydrogen) atoms. The molecular weight excluding hydrogens is 497 g/mol. The predicted octanol–water partition coefficient (Wildman–Crippen LogP) is 4.36. The van der Waals surface area contributed by atoms with Crippen molar-refractivity contribution in [1.82, 2.24) is 10.6 Å². The third-order valence-corrected chi connectivity index (χ3v) is 5.77. The number of aryl methyl sites for hydroxylation is 1. The number of fused-ring (bicyclic) bond motifs is 1. The number of hydrogen-bond acceptors (Lipinski definition) is 3. The zero-order valence-corrected chi connectivity index (χ0v) is 20.0. The van der Waals surface area contributed by atoms with Crippen molar-refractivity contribution in [3.63, 3.8) is 0 Å². The smallest absolute Gasteiger partial charge is 0.191 e. The molecule has 0 aliphatic rings. The standard InChI is InChI=1S/C22H27N3O2S.HI/c1-3-23-22(24-13-14-28(26)16-18-9-5-4-6-10-18)25-15-21-17(2)19-11-7-8-12-20(19)27-21;/h4-12H,3,13-16H2,1-2H3,(H2,23,24,25);1H. The van der Waals surface area contributed by atoms with E-state index in [1.165, 1.54) is 0 Å². The van der Waals surface area contributed by atoms with E-state index >= 15 is 0 Å². The van der Waals surface area contributed by atoms with Crippen LogP contribution >= 0.6 is 24.0 Å². The maximum atomic E-state index is 12.3. The van der Waals surface area contributed by atoms with E-state index in [-0.39, 0.29) is 24.0 Å². The minimum atomic E-state index is -0.909. The van der Waals surface area contributed by atoms with Crippen molar-refractivity contribution in [3.05, 3.63) is 71.5 Å². The lowest BCUT2D eigenvalue weighted by molar-refractivity contribution is 0.548. The molecule has 2 aromatic carbocycles. The molecule has 0 saturated carbocycles. The molecule has 0 spiro atoms. The molecule has 156 valence electrons. The monoisotopic (exact) mass is 525 g/mol. The average Bonchev–Trinajstić information content (AvgIpc) is 3.03. The van der Waals surface area contributed by atoms with Gasteiger partial charge in [0.2, 0.25) is 0 Å². The Hall–Kier alpha value is -1.87. The van der Waals surface area contributed by atoms with Gasteiger partial charge in [0.05, 0.1) is 0 Å². The first-order chi connectivity index (χ1) is 13.7. The summed E-state index contributed by atoms with van der Waals surface area (Å²) in [6.45, 7) is 5.91. The van der Waals surface area contributed by atoms with E-state index in [1.807, 2.05) is 55.5 Å². The van der Waals surface area contributed by atoms with Gasteiger partial charge in [0.15, 0.2) is 5.96 Å². The summed E-state index contributed by atoms with van der Waals surface area (Å²) in [6, 6.07) is 17.9. The first-order valence-electron chi connectivity index (χ1n) is 9.55. The molecule has 5 nitrogen and oxygen atoms in total. The lowest BCUT2D eigenvalue weighted by Gasteiger charge is -2.11. The molecule has 1 heterocycles. The molecule has 3 aromatic rings. The number of rotatable bonds is 8. The average molecular weight is 525 g/mol. The van der Waals surface area contributed by atoms with Crippen LogP contribution in [-0.2, 0) is 23.1 Å². The van der Waals surface area contributed by atoms with Gasteiger partial charge in [0, 0.05) is 46.3 Å². The highest BCUT2D eigenvalue weighted by molar-refractivity contribution is 14.0. The fourth-order valence-corrected chi connectivity index (χ4v) is 4.02. The highest BCUT2D eigenvalue weighted by atomic mass is 127. The van der Waals surface area contributed by atoms with E-state index in [0.29, 0.717) is 30.6 Å².